The first-order chi connectivity index (χ1) is 8.68. The van der Waals surface area contributed by atoms with E-state index in [0.717, 1.165) is 19.5 Å². The number of aromatic nitrogens is 1. The van der Waals surface area contributed by atoms with E-state index in [1.54, 1.807) is 18.3 Å². The normalized spacial score (nSPS) is 19.7. The van der Waals surface area contributed by atoms with Gasteiger partial charge in [0.1, 0.15) is 4.90 Å². The Morgan fingerprint density at radius 2 is 2.32 bits per heavy atom. The molecule has 1 unspecified atom stereocenters. The molecule has 7 heteroatoms. The summed E-state index contributed by atoms with van der Waals surface area (Å²) in [6.45, 7) is 2.57. The number of hydrogen-bond donors (Lipinski definition) is 2. The fourth-order valence-corrected chi connectivity index (χ4v) is 3.17. The highest BCUT2D eigenvalue weighted by Gasteiger charge is 2.16. The molecule has 0 spiro atoms. The predicted octanol–water partition coefficient (Wildman–Crippen LogP) is 1.17. The van der Waals surface area contributed by atoms with Crippen molar-refractivity contribution in [1.82, 2.24) is 15.0 Å². The van der Waals surface area contributed by atoms with Crippen molar-refractivity contribution in [1.29, 1.82) is 0 Å². The molecule has 0 bridgehead atoms. The molecule has 1 aromatic heterocycles. The smallest absolute Gasteiger partial charge is 0.242 e. The Kier molecular flexibility index (Phi) is 6.71. The van der Waals surface area contributed by atoms with Gasteiger partial charge in [0.2, 0.25) is 10.0 Å². The van der Waals surface area contributed by atoms with E-state index < -0.39 is 10.0 Å². The van der Waals surface area contributed by atoms with Crippen molar-refractivity contribution in [2.75, 3.05) is 19.6 Å². The molecule has 2 rings (SSSR count). The molecule has 2 heterocycles. The Labute approximate surface area is 120 Å². The predicted molar refractivity (Wildman–Crippen MR) is 76.9 cm³/mol. The molecule has 1 aromatic rings. The van der Waals surface area contributed by atoms with Crippen LogP contribution in [0.1, 0.15) is 19.3 Å². The summed E-state index contributed by atoms with van der Waals surface area (Å²) < 4.78 is 26.4. The van der Waals surface area contributed by atoms with E-state index in [1.807, 2.05) is 0 Å². The summed E-state index contributed by atoms with van der Waals surface area (Å²) in [5, 5.41) is 3.33. The average Bonchev–Trinajstić information content (AvgIpc) is 2.41. The third-order valence-corrected chi connectivity index (χ3v) is 4.63. The van der Waals surface area contributed by atoms with Crippen LogP contribution in [0.2, 0.25) is 0 Å². The number of piperidine rings is 1. The first-order valence-corrected chi connectivity index (χ1v) is 7.77. The van der Waals surface area contributed by atoms with Crippen LogP contribution in [0.25, 0.3) is 0 Å². The second kappa shape index (κ2) is 7.79. The Bertz CT molecular complexity index is 461. The fraction of sp³-hybridized carbons (Fsp3) is 0.583. The third kappa shape index (κ3) is 5.06. The molecule has 1 aliphatic rings. The molecule has 0 saturated carbocycles. The molecule has 0 radical (unpaired) electrons. The highest BCUT2D eigenvalue weighted by atomic mass is 35.5. The molecule has 5 nitrogen and oxygen atoms in total. The number of nitrogens with zero attached hydrogens (tertiary/aromatic N) is 1. The highest BCUT2D eigenvalue weighted by molar-refractivity contribution is 7.89. The number of nitrogens with one attached hydrogen (secondary N) is 2. The van der Waals surface area contributed by atoms with Crippen LogP contribution in [0.5, 0.6) is 0 Å². The molecule has 0 aromatic carbocycles. The van der Waals surface area contributed by atoms with Crippen LogP contribution < -0.4 is 10.0 Å². The van der Waals surface area contributed by atoms with Crippen molar-refractivity contribution >= 4 is 22.4 Å². The molecule has 0 amide bonds. The molecular weight excluding hydrogens is 286 g/mol. The minimum atomic E-state index is -3.39. The Balaban J connectivity index is 0.00000180. The lowest BCUT2D eigenvalue weighted by molar-refractivity contribution is 0.358. The van der Waals surface area contributed by atoms with E-state index >= 15 is 0 Å². The maximum atomic E-state index is 11.9. The SMILES string of the molecule is Cl.O=S(=O)(NCCC1CCCNC1)c1cccnc1. The maximum absolute atomic E-state index is 11.9. The van der Waals surface area contributed by atoms with Crippen molar-refractivity contribution in [2.24, 2.45) is 5.92 Å². The number of hydrogen-bond acceptors (Lipinski definition) is 4. The van der Waals surface area contributed by atoms with E-state index in [2.05, 4.69) is 15.0 Å². The number of sulfonamides is 1. The minimum Gasteiger partial charge on any atom is -0.316 e. The van der Waals surface area contributed by atoms with Gasteiger partial charge in [0.05, 0.1) is 0 Å². The highest BCUT2D eigenvalue weighted by Crippen LogP contribution is 2.13. The molecule has 1 fully saturated rings. The van der Waals surface area contributed by atoms with Gasteiger partial charge in [-0.1, -0.05) is 0 Å². The van der Waals surface area contributed by atoms with Crippen LogP contribution in [0.4, 0.5) is 0 Å². The van der Waals surface area contributed by atoms with Gasteiger partial charge < -0.3 is 5.32 Å². The van der Waals surface area contributed by atoms with Crippen LogP contribution in [-0.2, 0) is 10.0 Å². The third-order valence-electron chi connectivity index (χ3n) is 3.19. The van der Waals surface area contributed by atoms with E-state index in [0.29, 0.717) is 12.5 Å². The van der Waals surface area contributed by atoms with Gasteiger partial charge in [-0.25, -0.2) is 13.1 Å². The molecular formula is C12H20ClN3O2S. The van der Waals surface area contributed by atoms with Gasteiger partial charge in [-0.15, -0.1) is 12.4 Å². The standard InChI is InChI=1S/C12H19N3O2S.ClH/c16-18(17,12-4-2-7-14-10-12)15-8-5-11-3-1-6-13-9-11;/h2,4,7,10-11,13,15H,1,3,5-6,8-9H2;1H. The van der Waals surface area contributed by atoms with Gasteiger partial charge >= 0.3 is 0 Å². The minimum absolute atomic E-state index is 0. The van der Waals surface area contributed by atoms with Gasteiger partial charge in [-0.05, 0) is 50.4 Å². The molecule has 1 atom stereocenters. The Hall–Kier alpha value is -0.690. The van der Waals surface area contributed by atoms with Gasteiger partial charge in [0, 0.05) is 18.9 Å². The quantitative estimate of drug-likeness (QED) is 0.857. The zero-order chi connectivity index (χ0) is 12.8. The zero-order valence-corrected chi connectivity index (χ0v) is 12.3. The molecule has 1 aliphatic heterocycles. The van der Waals surface area contributed by atoms with E-state index in [1.165, 1.54) is 19.0 Å². The largest absolute Gasteiger partial charge is 0.316 e. The Morgan fingerprint density at radius 3 is 2.95 bits per heavy atom. The average molecular weight is 306 g/mol. The summed E-state index contributed by atoms with van der Waals surface area (Å²) in [6, 6.07) is 3.18. The summed E-state index contributed by atoms with van der Waals surface area (Å²) in [5.74, 6) is 0.579. The summed E-state index contributed by atoms with van der Waals surface area (Å²) in [5.41, 5.74) is 0. The van der Waals surface area contributed by atoms with Gasteiger partial charge in [-0.3, -0.25) is 4.98 Å². The van der Waals surface area contributed by atoms with Crippen molar-refractivity contribution in [3.8, 4) is 0 Å². The number of pyridine rings is 1. The summed E-state index contributed by atoms with van der Waals surface area (Å²) >= 11 is 0. The van der Waals surface area contributed by atoms with Crippen molar-refractivity contribution < 1.29 is 8.42 Å². The molecule has 2 N–H and O–H groups in total. The summed E-state index contributed by atoms with van der Waals surface area (Å²) in [7, 11) is -3.39. The number of rotatable bonds is 5. The van der Waals surface area contributed by atoms with Crippen molar-refractivity contribution in [2.45, 2.75) is 24.2 Å². The monoisotopic (exact) mass is 305 g/mol. The molecule has 19 heavy (non-hydrogen) atoms. The zero-order valence-electron chi connectivity index (χ0n) is 10.7. The van der Waals surface area contributed by atoms with Crippen LogP contribution in [-0.4, -0.2) is 33.0 Å². The van der Waals surface area contributed by atoms with E-state index in [-0.39, 0.29) is 17.3 Å². The van der Waals surface area contributed by atoms with E-state index in [4.69, 9.17) is 0 Å². The first kappa shape index (κ1) is 16.4. The van der Waals surface area contributed by atoms with Gasteiger partial charge in [0.25, 0.3) is 0 Å². The van der Waals surface area contributed by atoms with Crippen molar-refractivity contribution in [3.05, 3.63) is 24.5 Å². The van der Waals surface area contributed by atoms with E-state index in [9.17, 15) is 8.42 Å². The topological polar surface area (TPSA) is 71.1 Å². The number of halogens is 1. The van der Waals surface area contributed by atoms with Gasteiger partial charge in [0.15, 0.2) is 0 Å². The Morgan fingerprint density at radius 1 is 1.47 bits per heavy atom. The molecule has 108 valence electrons. The lowest BCUT2D eigenvalue weighted by Gasteiger charge is -2.22. The first-order valence-electron chi connectivity index (χ1n) is 6.29. The lowest BCUT2D eigenvalue weighted by Crippen LogP contribution is -2.33. The fourth-order valence-electron chi connectivity index (χ4n) is 2.16. The van der Waals surface area contributed by atoms with Crippen LogP contribution >= 0.6 is 12.4 Å². The van der Waals surface area contributed by atoms with Crippen LogP contribution in [0.15, 0.2) is 29.4 Å². The van der Waals surface area contributed by atoms with Crippen molar-refractivity contribution in [3.63, 3.8) is 0 Å². The summed E-state index contributed by atoms with van der Waals surface area (Å²) in [6.07, 6.45) is 6.17. The van der Waals surface area contributed by atoms with Crippen LogP contribution in [0.3, 0.4) is 0 Å². The maximum Gasteiger partial charge on any atom is 0.242 e. The van der Waals surface area contributed by atoms with Gasteiger partial charge in [-0.2, -0.15) is 0 Å². The lowest BCUT2D eigenvalue weighted by atomic mass is 9.96. The molecule has 0 aliphatic carbocycles. The second-order valence-corrected chi connectivity index (χ2v) is 6.35. The second-order valence-electron chi connectivity index (χ2n) is 4.59. The summed E-state index contributed by atoms with van der Waals surface area (Å²) in [4.78, 5) is 4.05. The molecule has 1 saturated heterocycles. The van der Waals surface area contributed by atoms with Crippen LogP contribution in [0, 0.1) is 5.92 Å².